The Kier molecular flexibility index (Phi) is 6.51. The average molecular weight is 454 g/mol. The van der Waals surface area contributed by atoms with Gasteiger partial charge in [0.25, 0.3) is 11.7 Å². The lowest BCUT2D eigenvalue weighted by molar-refractivity contribution is -0.140. The summed E-state index contributed by atoms with van der Waals surface area (Å²) in [4.78, 5) is 27.5. The Morgan fingerprint density at radius 3 is 2.55 bits per heavy atom. The summed E-state index contributed by atoms with van der Waals surface area (Å²) >= 11 is 0. The van der Waals surface area contributed by atoms with E-state index in [2.05, 4.69) is 0 Å². The van der Waals surface area contributed by atoms with Gasteiger partial charge in [-0.1, -0.05) is 12.1 Å². The Balaban J connectivity index is 1.78. The summed E-state index contributed by atoms with van der Waals surface area (Å²) in [6.07, 6.45) is 1.49. The van der Waals surface area contributed by atoms with Crippen molar-refractivity contribution in [2.24, 2.45) is 0 Å². The lowest BCUT2D eigenvalue weighted by atomic mass is 9.94. The first-order valence-corrected chi connectivity index (χ1v) is 11.2. The summed E-state index contributed by atoms with van der Waals surface area (Å²) in [6.45, 7) is 6.53. The number of aryl methyl sites for hydroxylation is 1. The van der Waals surface area contributed by atoms with Gasteiger partial charge in [0.15, 0.2) is 0 Å². The molecule has 0 saturated carbocycles. The van der Waals surface area contributed by atoms with Crippen LogP contribution >= 0.6 is 0 Å². The molecule has 2 aromatic rings. The fraction of sp³-hybridized carbons (Fsp3) is 0.385. The second-order valence-electron chi connectivity index (χ2n) is 8.78. The summed E-state index contributed by atoms with van der Waals surface area (Å²) in [7, 11) is 0. The van der Waals surface area contributed by atoms with Crippen LogP contribution in [0, 0.1) is 12.7 Å². The molecule has 0 aliphatic carbocycles. The number of Topliss-reactive ketones (excluding diaryl/α,β-unsaturated/α-hetero) is 1. The number of halogens is 1. The summed E-state index contributed by atoms with van der Waals surface area (Å²) in [6, 6.07) is 9.92. The summed E-state index contributed by atoms with van der Waals surface area (Å²) in [5.74, 6) is -1.48. The van der Waals surface area contributed by atoms with Gasteiger partial charge >= 0.3 is 0 Å². The average Bonchev–Trinajstić information content (AvgIpc) is 3.37. The Labute approximate surface area is 192 Å². The largest absolute Gasteiger partial charge is 0.507 e. The number of likely N-dealkylation sites (tertiary alicyclic amines) is 1. The van der Waals surface area contributed by atoms with E-state index >= 15 is 0 Å². The lowest BCUT2D eigenvalue weighted by Crippen LogP contribution is -2.36. The van der Waals surface area contributed by atoms with Gasteiger partial charge in [-0.25, -0.2) is 4.39 Å². The van der Waals surface area contributed by atoms with Gasteiger partial charge in [0.05, 0.1) is 23.8 Å². The van der Waals surface area contributed by atoms with Gasteiger partial charge in [0.2, 0.25) is 0 Å². The normalized spacial score (nSPS) is 22.4. The van der Waals surface area contributed by atoms with Crippen molar-refractivity contribution >= 4 is 17.4 Å². The third kappa shape index (κ3) is 4.64. The Bertz CT molecular complexity index is 1090. The van der Waals surface area contributed by atoms with E-state index in [9.17, 15) is 19.1 Å². The summed E-state index contributed by atoms with van der Waals surface area (Å²) in [5, 5.41) is 11.2. The highest BCUT2D eigenvalue weighted by Gasteiger charge is 2.47. The van der Waals surface area contributed by atoms with E-state index in [1.807, 2.05) is 20.8 Å². The van der Waals surface area contributed by atoms with E-state index in [1.54, 1.807) is 18.2 Å². The highest BCUT2D eigenvalue weighted by molar-refractivity contribution is 6.46. The Morgan fingerprint density at radius 1 is 1.21 bits per heavy atom. The maximum atomic E-state index is 13.6. The minimum Gasteiger partial charge on any atom is -0.507 e. The number of aliphatic hydroxyl groups excluding tert-OH is 1. The first kappa shape index (κ1) is 23.0. The third-order valence-electron chi connectivity index (χ3n) is 5.96. The van der Waals surface area contributed by atoms with Crippen molar-refractivity contribution in [1.82, 2.24) is 4.90 Å². The zero-order chi connectivity index (χ0) is 23.7. The Hall–Kier alpha value is -3.19. The van der Waals surface area contributed by atoms with Crippen LogP contribution in [0.4, 0.5) is 4.39 Å². The van der Waals surface area contributed by atoms with E-state index in [4.69, 9.17) is 9.47 Å². The molecule has 1 amide bonds. The number of hydrogen-bond acceptors (Lipinski definition) is 5. The third-order valence-corrected chi connectivity index (χ3v) is 5.96. The van der Waals surface area contributed by atoms with Gasteiger partial charge in [-0.2, -0.15) is 0 Å². The van der Waals surface area contributed by atoms with Crippen molar-refractivity contribution < 1.29 is 28.6 Å². The van der Waals surface area contributed by atoms with Crippen LogP contribution in [0.2, 0.25) is 0 Å². The van der Waals surface area contributed by atoms with E-state index < -0.39 is 23.5 Å². The Morgan fingerprint density at radius 2 is 1.94 bits per heavy atom. The maximum absolute atomic E-state index is 13.6. The fourth-order valence-corrected chi connectivity index (χ4v) is 4.41. The highest BCUT2D eigenvalue weighted by Crippen LogP contribution is 2.40. The fourth-order valence-electron chi connectivity index (χ4n) is 4.41. The van der Waals surface area contributed by atoms with Crippen molar-refractivity contribution in [3.8, 4) is 5.75 Å². The van der Waals surface area contributed by atoms with Crippen molar-refractivity contribution in [3.05, 3.63) is 70.5 Å². The molecular formula is C26H28FNO5. The van der Waals surface area contributed by atoms with E-state index in [-0.39, 0.29) is 30.1 Å². The van der Waals surface area contributed by atoms with Crippen LogP contribution in [-0.2, 0) is 14.3 Å². The van der Waals surface area contributed by atoms with Gasteiger partial charge in [0, 0.05) is 18.7 Å². The standard InChI is InChI=1S/C26H28FNO5/c1-15(2)33-21-11-8-18(13-16(21)3)24(29)22-23(17-6-9-19(27)10-7-17)28(26(31)25(22)30)14-20-5-4-12-32-20/h6-11,13,15,20,23,29H,4-5,12,14H2,1-3H3/b24-22-. The molecule has 6 nitrogen and oxygen atoms in total. The number of nitrogens with zero attached hydrogens (tertiary/aromatic N) is 1. The van der Waals surface area contributed by atoms with Gasteiger partial charge in [-0.05, 0) is 75.1 Å². The molecule has 4 rings (SSSR count). The van der Waals surface area contributed by atoms with Gasteiger partial charge in [-0.3, -0.25) is 9.59 Å². The molecule has 7 heteroatoms. The molecule has 2 aliphatic rings. The first-order chi connectivity index (χ1) is 15.8. The van der Waals surface area contributed by atoms with Crippen LogP contribution in [0.25, 0.3) is 5.76 Å². The SMILES string of the molecule is Cc1cc(/C(O)=C2/C(=O)C(=O)N(CC3CCCO3)C2c2ccc(F)cc2)ccc1OC(C)C. The predicted molar refractivity (Wildman–Crippen MR) is 121 cm³/mol. The van der Waals surface area contributed by atoms with Crippen molar-refractivity contribution in [2.75, 3.05) is 13.2 Å². The van der Waals surface area contributed by atoms with Gasteiger partial charge < -0.3 is 19.5 Å². The van der Waals surface area contributed by atoms with Crippen LogP contribution < -0.4 is 4.74 Å². The second kappa shape index (κ2) is 9.35. The number of hydrogen-bond donors (Lipinski definition) is 1. The molecule has 2 fully saturated rings. The quantitative estimate of drug-likeness (QED) is 0.395. The molecule has 0 bridgehead atoms. The molecule has 2 aliphatic heterocycles. The first-order valence-electron chi connectivity index (χ1n) is 11.2. The number of carbonyl (C=O) groups is 2. The number of amides is 1. The van der Waals surface area contributed by atoms with Crippen molar-refractivity contribution in [1.29, 1.82) is 0 Å². The number of rotatable bonds is 6. The van der Waals surface area contributed by atoms with Gasteiger partial charge in [0.1, 0.15) is 17.3 Å². The smallest absolute Gasteiger partial charge is 0.295 e. The maximum Gasteiger partial charge on any atom is 0.295 e. The van der Waals surface area contributed by atoms with Crippen molar-refractivity contribution in [2.45, 2.75) is 51.9 Å². The monoisotopic (exact) mass is 453 g/mol. The van der Waals surface area contributed by atoms with E-state index in [1.165, 1.54) is 29.2 Å². The topological polar surface area (TPSA) is 76.1 Å². The van der Waals surface area contributed by atoms with Crippen LogP contribution in [0.5, 0.6) is 5.75 Å². The van der Waals surface area contributed by atoms with Crippen LogP contribution in [-0.4, -0.2) is 47.1 Å². The molecule has 0 radical (unpaired) electrons. The van der Waals surface area contributed by atoms with Crippen LogP contribution in [0.1, 0.15) is 49.4 Å². The van der Waals surface area contributed by atoms with E-state index in [0.29, 0.717) is 23.5 Å². The number of aliphatic hydroxyl groups is 1. The molecule has 2 saturated heterocycles. The zero-order valence-corrected chi connectivity index (χ0v) is 19.0. The molecule has 2 aromatic carbocycles. The molecule has 0 spiro atoms. The number of ether oxygens (including phenoxy) is 2. The molecule has 2 unspecified atom stereocenters. The molecule has 1 N–H and O–H groups in total. The summed E-state index contributed by atoms with van der Waals surface area (Å²) in [5.41, 5.74) is 1.73. The minimum atomic E-state index is -0.832. The number of carbonyl (C=O) groups excluding carboxylic acids is 2. The molecule has 174 valence electrons. The zero-order valence-electron chi connectivity index (χ0n) is 19.0. The predicted octanol–water partition coefficient (Wildman–Crippen LogP) is 4.52. The van der Waals surface area contributed by atoms with Crippen LogP contribution in [0.15, 0.2) is 48.0 Å². The van der Waals surface area contributed by atoms with Crippen molar-refractivity contribution in [3.63, 3.8) is 0 Å². The van der Waals surface area contributed by atoms with Gasteiger partial charge in [-0.15, -0.1) is 0 Å². The minimum absolute atomic E-state index is 0.00949. The molecule has 2 heterocycles. The molecule has 2 atom stereocenters. The highest BCUT2D eigenvalue weighted by atomic mass is 19.1. The number of benzene rings is 2. The van der Waals surface area contributed by atoms with E-state index in [0.717, 1.165) is 18.4 Å². The van der Waals surface area contributed by atoms with Crippen LogP contribution in [0.3, 0.4) is 0 Å². The number of ketones is 1. The summed E-state index contributed by atoms with van der Waals surface area (Å²) < 4.78 is 25.0. The lowest BCUT2D eigenvalue weighted by Gasteiger charge is -2.27. The molecule has 33 heavy (non-hydrogen) atoms. The molecular weight excluding hydrogens is 425 g/mol. The second-order valence-corrected chi connectivity index (χ2v) is 8.78. The molecule has 0 aromatic heterocycles.